The first-order valence-corrected chi connectivity index (χ1v) is 7.43. The molecule has 3 nitrogen and oxygen atoms in total. The van der Waals surface area contributed by atoms with Crippen molar-refractivity contribution in [3.8, 4) is 0 Å². The van der Waals surface area contributed by atoms with Crippen LogP contribution in [0.5, 0.6) is 0 Å². The molecule has 2 fully saturated rings. The lowest BCUT2D eigenvalue weighted by Gasteiger charge is -2.41. The summed E-state index contributed by atoms with van der Waals surface area (Å²) in [6.07, 6.45) is 4.06. The van der Waals surface area contributed by atoms with Crippen LogP contribution in [0.3, 0.4) is 0 Å². The summed E-state index contributed by atoms with van der Waals surface area (Å²) in [5, 5.41) is 3.46. The minimum atomic E-state index is 0.845. The topological polar surface area (TPSA) is 18.5 Å². The van der Waals surface area contributed by atoms with E-state index in [1.807, 2.05) is 0 Å². The summed E-state index contributed by atoms with van der Waals surface area (Å²) in [6, 6.07) is 0.864. The fourth-order valence-corrected chi connectivity index (χ4v) is 2.96. The SMILES string of the molecule is CC(C)CCN1CCN(C2CCNCC2)CC1. The molecule has 0 aliphatic carbocycles. The first-order valence-electron chi connectivity index (χ1n) is 7.43. The third kappa shape index (κ3) is 4.23. The Hall–Kier alpha value is -0.120. The van der Waals surface area contributed by atoms with E-state index in [0.717, 1.165) is 12.0 Å². The molecule has 0 radical (unpaired) electrons. The molecule has 0 aromatic rings. The van der Waals surface area contributed by atoms with Gasteiger partial charge in [0.15, 0.2) is 0 Å². The Bertz CT molecular complexity index is 204. The molecule has 3 heteroatoms. The molecule has 2 aliphatic rings. The number of nitrogens with zero attached hydrogens (tertiary/aromatic N) is 2. The van der Waals surface area contributed by atoms with Crippen LogP contribution in [-0.2, 0) is 0 Å². The summed E-state index contributed by atoms with van der Waals surface area (Å²) < 4.78 is 0. The van der Waals surface area contributed by atoms with E-state index >= 15 is 0 Å². The van der Waals surface area contributed by atoms with Crippen LogP contribution in [0.2, 0.25) is 0 Å². The van der Waals surface area contributed by atoms with Gasteiger partial charge in [-0.05, 0) is 44.8 Å². The Morgan fingerprint density at radius 1 is 1.06 bits per heavy atom. The van der Waals surface area contributed by atoms with Gasteiger partial charge in [0.05, 0.1) is 0 Å². The first-order chi connectivity index (χ1) is 8.25. The van der Waals surface area contributed by atoms with Gasteiger partial charge < -0.3 is 10.2 Å². The zero-order valence-corrected chi connectivity index (χ0v) is 11.6. The first kappa shape index (κ1) is 13.3. The zero-order valence-electron chi connectivity index (χ0n) is 11.6. The summed E-state index contributed by atoms with van der Waals surface area (Å²) in [6.45, 7) is 13.6. The number of rotatable bonds is 4. The van der Waals surface area contributed by atoms with Crippen LogP contribution < -0.4 is 5.32 Å². The van der Waals surface area contributed by atoms with Gasteiger partial charge in [-0.1, -0.05) is 13.8 Å². The van der Waals surface area contributed by atoms with Gasteiger partial charge >= 0.3 is 0 Å². The number of piperazine rings is 1. The smallest absolute Gasteiger partial charge is 0.0120 e. The highest BCUT2D eigenvalue weighted by Crippen LogP contribution is 2.15. The van der Waals surface area contributed by atoms with Crippen LogP contribution in [-0.4, -0.2) is 61.7 Å². The molecule has 2 rings (SSSR count). The van der Waals surface area contributed by atoms with Crippen LogP contribution >= 0.6 is 0 Å². The average Bonchev–Trinajstić information content (AvgIpc) is 2.38. The van der Waals surface area contributed by atoms with Gasteiger partial charge in [-0.25, -0.2) is 0 Å². The van der Waals surface area contributed by atoms with E-state index in [1.165, 1.54) is 65.1 Å². The van der Waals surface area contributed by atoms with Crippen molar-refractivity contribution in [2.45, 2.75) is 39.2 Å². The van der Waals surface area contributed by atoms with Gasteiger partial charge in [0.25, 0.3) is 0 Å². The predicted octanol–water partition coefficient (Wildman–Crippen LogP) is 1.40. The molecule has 0 amide bonds. The summed E-state index contributed by atoms with van der Waals surface area (Å²) in [7, 11) is 0. The van der Waals surface area contributed by atoms with Gasteiger partial charge in [-0.3, -0.25) is 4.90 Å². The normalized spacial score (nSPS) is 25.6. The summed E-state index contributed by atoms with van der Waals surface area (Å²) >= 11 is 0. The van der Waals surface area contributed by atoms with Crippen molar-refractivity contribution < 1.29 is 0 Å². The molecule has 2 aliphatic heterocycles. The Morgan fingerprint density at radius 3 is 2.29 bits per heavy atom. The lowest BCUT2D eigenvalue weighted by molar-refractivity contribution is 0.0797. The molecule has 1 N–H and O–H groups in total. The number of nitrogens with one attached hydrogen (secondary N) is 1. The maximum atomic E-state index is 3.46. The highest BCUT2D eigenvalue weighted by Gasteiger charge is 2.24. The fourth-order valence-electron chi connectivity index (χ4n) is 2.96. The molecule has 2 saturated heterocycles. The Kier molecular flexibility index (Phi) is 5.26. The van der Waals surface area contributed by atoms with E-state index in [1.54, 1.807) is 0 Å². The van der Waals surface area contributed by atoms with Crippen LogP contribution in [0.1, 0.15) is 33.1 Å². The van der Waals surface area contributed by atoms with Gasteiger partial charge in [-0.15, -0.1) is 0 Å². The quantitative estimate of drug-likeness (QED) is 0.800. The largest absolute Gasteiger partial charge is 0.317 e. The second-order valence-electron chi connectivity index (χ2n) is 6.04. The van der Waals surface area contributed by atoms with E-state index in [2.05, 4.69) is 29.0 Å². The molecule has 0 unspecified atom stereocenters. The van der Waals surface area contributed by atoms with Crippen molar-refractivity contribution in [2.75, 3.05) is 45.8 Å². The fraction of sp³-hybridized carbons (Fsp3) is 1.00. The molecule has 100 valence electrons. The van der Waals surface area contributed by atoms with E-state index in [9.17, 15) is 0 Å². The molecule has 0 aromatic heterocycles. The van der Waals surface area contributed by atoms with Gasteiger partial charge in [-0.2, -0.15) is 0 Å². The molecule has 2 heterocycles. The second-order valence-corrected chi connectivity index (χ2v) is 6.04. The van der Waals surface area contributed by atoms with Crippen molar-refractivity contribution in [1.29, 1.82) is 0 Å². The molecule has 0 bridgehead atoms. The van der Waals surface area contributed by atoms with Gasteiger partial charge in [0.1, 0.15) is 0 Å². The summed E-state index contributed by atoms with van der Waals surface area (Å²) in [5.74, 6) is 0.845. The third-order valence-corrected chi connectivity index (χ3v) is 4.25. The van der Waals surface area contributed by atoms with Gasteiger partial charge in [0.2, 0.25) is 0 Å². The highest BCUT2D eigenvalue weighted by atomic mass is 15.3. The summed E-state index contributed by atoms with van der Waals surface area (Å²) in [4.78, 5) is 5.38. The predicted molar refractivity (Wildman–Crippen MR) is 73.4 cm³/mol. The van der Waals surface area contributed by atoms with Gasteiger partial charge in [0, 0.05) is 32.2 Å². The van der Waals surface area contributed by atoms with Crippen LogP contribution in [0.25, 0.3) is 0 Å². The van der Waals surface area contributed by atoms with Crippen LogP contribution in [0.4, 0.5) is 0 Å². The summed E-state index contributed by atoms with van der Waals surface area (Å²) in [5.41, 5.74) is 0. The third-order valence-electron chi connectivity index (χ3n) is 4.25. The molecule has 0 spiro atoms. The molecule has 0 atom stereocenters. The molecule has 0 saturated carbocycles. The maximum absolute atomic E-state index is 3.46. The minimum Gasteiger partial charge on any atom is -0.317 e. The van der Waals surface area contributed by atoms with Crippen LogP contribution in [0.15, 0.2) is 0 Å². The monoisotopic (exact) mass is 239 g/mol. The highest BCUT2D eigenvalue weighted by molar-refractivity contribution is 4.82. The van der Waals surface area contributed by atoms with Crippen molar-refractivity contribution >= 4 is 0 Å². The second kappa shape index (κ2) is 6.72. The van der Waals surface area contributed by atoms with E-state index in [-0.39, 0.29) is 0 Å². The number of hydrogen-bond donors (Lipinski definition) is 1. The Labute approximate surface area is 107 Å². The van der Waals surface area contributed by atoms with Crippen molar-refractivity contribution in [2.24, 2.45) is 5.92 Å². The van der Waals surface area contributed by atoms with Crippen molar-refractivity contribution in [1.82, 2.24) is 15.1 Å². The van der Waals surface area contributed by atoms with Crippen LogP contribution in [0, 0.1) is 5.92 Å². The van der Waals surface area contributed by atoms with Crippen molar-refractivity contribution in [3.63, 3.8) is 0 Å². The van der Waals surface area contributed by atoms with E-state index < -0.39 is 0 Å². The van der Waals surface area contributed by atoms with Crippen molar-refractivity contribution in [3.05, 3.63) is 0 Å². The zero-order chi connectivity index (χ0) is 12.1. The number of piperidine rings is 1. The number of hydrogen-bond acceptors (Lipinski definition) is 3. The maximum Gasteiger partial charge on any atom is 0.0120 e. The molecular formula is C14H29N3. The Balaban J connectivity index is 1.66. The standard InChI is InChI=1S/C14H29N3/c1-13(2)5-8-16-9-11-17(12-10-16)14-3-6-15-7-4-14/h13-15H,3-12H2,1-2H3. The minimum absolute atomic E-state index is 0.845. The Morgan fingerprint density at radius 2 is 1.71 bits per heavy atom. The average molecular weight is 239 g/mol. The lowest BCUT2D eigenvalue weighted by atomic mass is 10.0. The van der Waals surface area contributed by atoms with E-state index in [4.69, 9.17) is 0 Å². The lowest BCUT2D eigenvalue weighted by Crippen LogP contribution is -2.52. The van der Waals surface area contributed by atoms with E-state index in [0.29, 0.717) is 0 Å². The molecule has 17 heavy (non-hydrogen) atoms. The molecule has 0 aromatic carbocycles. The molecular weight excluding hydrogens is 210 g/mol.